The van der Waals surface area contributed by atoms with Crippen LogP contribution in [0.4, 0.5) is 0 Å². The summed E-state index contributed by atoms with van der Waals surface area (Å²) in [5.74, 6) is 0.851. The highest BCUT2D eigenvalue weighted by Crippen LogP contribution is 2.45. The van der Waals surface area contributed by atoms with Gasteiger partial charge in [0.25, 0.3) is 5.91 Å². The van der Waals surface area contributed by atoms with Crippen LogP contribution in [0.15, 0.2) is 87.4 Å². The molecule has 0 saturated carbocycles. The Kier molecular flexibility index (Phi) is 9.76. The number of ether oxygens (including phenoxy) is 3. The molecule has 10 nitrogen and oxygen atoms in total. The molecule has 3 aromatic carbocycles. The zero-order chi connectivity index (χ0) is 29.4. The first-order valence-electron chi connectivity index (χ1n) is 13.9. The molecule has 0 unspecified atom stereocenters. The fourth-order valence-corrected chi connectivity index (χ4v) is 5.68. The number of carbonyl (C=O) groups excluding carboxylic acids is 1. The van der Waals surface area contributed by atoms with E-state index in [1.54, 1.807) is 4.90 Å². The predicted octanol–water partition coefficient (Wildman–Crippen LogP) is 5.38. The molecule has 0 aliphatic carbocycles. The van der Waals surface area contributed by atoms with Crippen LogP contribution < -0.4 is 4.74 Å². The molecule has 2 aliphatic heterocycles. The summed E-state index contributed by atoms with van der Waals surface area (Å²) in [4.78, 5) is 24.6. The van der Waals surface area contributed by atoms with Crippen molar-refractivity contribution in [2.24, 2.45) is 10.1 Å². The molecule has 1 amide bonds. The molecule has 2 atom stereocenters. The number of aliphatic hydroxyl groups is 1. The molecule has 5 rings (SSSR count). The van der Waals surface area contributed by atoms with Crippen molar-refractivity contribution in [3.8, 4) is 5.75 Å². The Hall–Kier alpha value is -3.89. The molecule has 42 heavy (non-hydrogen) atoms. The van der Waals surface area contributed by atoms with Crippen molar-refractivity contribution < 1.29 is 24.1 Å². The minimum atomic E-state index is -1.35. The number of hydrogen-bond donors (Lipinski definition) is 1. The van der Waals surface area contributed by atoms with Crippen LogP contribution in [0.3, 0.4) is 0 Å². The number of benzene rings is 3. The number of aliphatic imine (C=N–C) groups is 1. The molecule has 2 aliphatic rings. The number of azide groups is 1. The molecular weight excluding hydrogens is 602 g/mol. The van der Waals surface area contributed by atoms with E-state index in [0.29, 0.717) is 56.5 Å². The third kappa shape index (κ3) is 6.44. The third-order valence-corrected chi connectivity index (χ3v) is 8.14. The van der Waals surface area contributed by atoms with Crippen molar-refractivity contribution in [3.63, 3.8) is 0 Å². The van der Waals surface area contributed by atoms with Crippen LogP contribution in [0.25, 0.3) is 10.4 Å². The summed E-state index contributed by atoms with van der Waals surface area (Å²) in [6, 6.07) is 22.7. The van der Waals surface area contributed by atoms with E-state index < -0.39 is 11.6 Å². The average molecular weight is 635 g/mol. The van der Waals surface area contributed by atoms with E-state index in [9.17, 15) is 4.79 Å². The Balaban J connectivity index is 1.63. The summed E-state index contributed by atoms with van der Waals surface area (Å²) >= 11 is 3.67. The lowest BCUT2D eigenvalue weighted by Gasteiger charge is -2.37. The van der Waals surface area contributed by atoms with Gasteiger partial charge in [-0.2, -0.15) is 0 Å². The maximum Gasteiger partial charge on any atom is 0.255 e. The van der Waals surface area contributed by atoms with Crippen molar-refractivity contribution in [1.82, 2.24) is 4.90 Å². The van der Waals surface area contributed by atoms with Gasteiger partial charge in [0.05, 0.1) is 26.4 Å². The first kappa shape index (κ1) is 29.6. The molecule has 218 valence electrons. The number of morpholine rings is 1. The topological polar surface area (TPSA) is 129 Å². The number of carbonyl (C=O) groups is 1. The highest BCUT2D eigenvalue weighted by Gasteiger charge is 2.55. The molecule has 1 saturated heterocycles. The highest BCUT2D eigenvalue weighted by molar-refractivity contribution is 9.10. The van der Waals surface area contributed by atoms with Gasteiger partial charge in [0, 0.05) is 47.5 Å². The molecule has 2 heterocycles. The van der Waals surface area contributed by atoms with Crippen LogP contribution >= 0.6 is 15.9 Å². The van der Waals surface area contributed by atoms with Gasteiger partial charge in [-0.1, -0.05) is 63.5 Å². The van der Waals surface area contributed by atoms with Gasteiger partial charge in [0.1, 0.15) is 5.75 Å². The van der Waals surface area contributed by atoms with Crippen molar-refractivity contribution >= 4 is 27.7 Å². The van der Waals surface area contributed by atoms with E-state index in [1.807, 2.05) is 72.8 Å². The highest BCUT2D eigenvalue weighted by atomic mass is 79.9. The standard InChI is InChI=1S/C31H32BrN5O5/c32-27-9-4-2-6-23(27)20-31(30(39)37-14-18-40-19-15-37)28(26-8-3-1-7-24(26)21-34-36-33)42-29(35-31)22-10-12-25(13-11-22)41-17-5-16-38/h1-4,6-13,28,38H,5,14-21H2/t28-,31-/m1/s1. The SMILES string of the molecule is [N-]=[N+]=NCc1ccccc1[C@H]1OC(c2ccc(OCCCO)cc2)=N[C@@]1(Cc1ccccc1Br)C(=O)N1CCOCC1. The molecule has 1 N–H and O–H groups in total. The Morgan fingerprint density at radius 1 is 1.10 bits per heavy atom. The van der Waals surface area contributed by atoms with Gasteiger partial charge in [-0.15, -0.1) is 0 Å². The van der Waals surface area contributed by atoms with E-state index in [4.69, 9.17) is 29.8 Å². The van der Waals surface area contributed by atoms with E-state index in [2.05, 4.69) is 26.0 Å². The van der Waals surface area contributed by atoms with Crippen molar-refractivity contribution in [2.75, 3.05) is 39.5 Å². The number of aliphatic hydroxyl groups excluding tert-OH is 1. The lowest BCUT2D eigenvalue weighted by atomic mass is 9.80. The molecule has 0 aromatic heterocycles. The van der Waals surface area contributed by atoms with Crippen LogP contribution in [0.1, 0.15) is 34.8 Å². The molecule has 3 aromatic rings. The second-order valence-corrected chi connectivity index (χ2v) is 10.9. The zero-order valence-corrected chi connectivity index (χ0v) is 24.6. The number of hydrogen-bond acceptors (Lipinski definition) is 7. The van der Waals surface area contributed by atoms with Gasteiger partial charge in [-0.3, -0.25) is 4.79 Å². The molecule has 0 spiro atoms. The third-order valence-electron chi connectivity index (χ3n) is 7.37. The van der Waals surface area contributed by atoms with Crippen LogP contribution in [-0.4, -0.2) is 66.9 Å². The summed E-state index contributed by atoms with van der Waals surface area (Å²) in [7, 11) is 0. The Morgan fingerprint density at radius 3 is 2.52 bits per heavy atom. The first-order chi connectivity index (χ1) is 20.6. The van der Waals surface area contributed by atoms with Crippen LogP contribution in [0, 0.1) is 0 Å². The van der Waals surface area contributed by atoms with Crippen LogP contribution in [-0.2, 0) is 27.2 Å². The maximum atomic E-state index is 14.7. The van der Waals surface area contributed by atoms with E-state index in [-0.39, 0.29) is 25.5 Å². The number of rotatable bonds is 11. The van der Waals surface area contributed by atoms with Crippen LogP contribution in [0.5, 0.6) is 5.75 Å². The molecule has 11 heteroatoms. The minimum absolute atomic E-state index is 0.0576. The quantitative estimate of drug-likeness (QED) is 0.131. The maximum absolute atomic E-state index is 14.7. The van der Waals surface area contributed by atoms with Crippen molar-refractivity contribution in [2.45, 2.75) is 31.0 Å². The minimum Gasteiger partial charge on any atom is -0.494 e. The van der Waals surface area contributed by atoms with E-state index in [0.717, 1.165) is 21.2 Å². The smallest absolute Gasteiger partial charge is 0.255 e. The summed E-state index contributed by atoms with van der Waals surface area (Å²) in [6.45, 7) is 2.37. The normalized spacial score (nSPS) is 19.9. The fraction of sp³-hybridized carbons (Fsp3) is 0.355. The predicted molar refractivity (Wildman–Crippen MR) is 161 cm³/mol. The van der Waals surface area contributed by atoms with Crippen molar-refractivity contribution in [3.05, 3.63) is 110 Å². The Labute approximate surface area is 252 Å². The van der Waals surface area contributed by atoms with Crippen molar-refractivity contribution in [1.29, 1.82) is 0 Å². The zero-order valence-electron chi connectivity index (χ0n) is 23.1. The lowest BCUT2D eigenvalue weighted by Crippen LogP contribution is -2.54. The lowest BCUT2D eigenvalue weighted by molar-refractivity contribution is -0.143. The Morgan fingerprint density at radius 2 is 1.81 bits per heavy atom. The summed E-state index contributed by atoms with van der Waals surface area (Å²) in [6.07, 6.45) is 0.0210. The second-order valence-electron chi connectivity index (χ2n) is 10.0. The van der Waals surface area contributed by atoms with Gasteiger partial charge in [-0.05, 0) is 52.6 Å². The first-order valence-corrected chi connectivity index (χ1v) is 14.6. The van der Waals surface area contributed by atoms with Gasteiger partial charge in [0.15, 0.2) is 11.6 Å². The molecule has 1 fully saturated rings. The Bertz CT molecular complexity index is 1470. The number of halogens is 1. The van der Waals surface area contributed by atoms with Gasteiger partial charge < -0.3 is 24.2 Å². The van der Waals surface area contributed by atoms with Gasteiger partial charge >= 0.3 is 0 Å². The van der Waals surface area contributed by atoms with Crippen LogP contribution in [0.2, 0.25) is 0 Å². The average Bonchev–Trinajstić information content (AvgIpc) is 3.42. The molecule has 0 radical (unpaired) electrons. The van der Waals surface area contributed by atoms with E-state index in [1.165, 1.54) is 0 Å². The molecule has 0 bridgehead atoms. The second kappa shape index (κ2) is 13.8. The summed E-state index contributed by atoms with van der Waals surface area (Å²) in [5.41, 5.74) is 10.8. The summed E-state index contributed by atoms with van der Waals surface area (Å²) < 4.78 is 18.8. The van der Waals surface area contributed by atoms with Gasteiger partial charge in [0.2, 0.25) is 5.90 Å². The van der Waals surface area contributed by atoms with E-state index >= 15 is 0 Å². The number of nitrogens with zero attached hydrogens (tertiary/aromatic N) is 5. The molecular formula is C31H32BrN5O5. The van der Waals surface area contributed by atoms with Gasteiger partial charge in [-0.25, -0.2) is 4.99 Å². The number of amides is 1. The largest absolute Gasteiger partial charge is 0.494 e. The monoisotopic (exact) mass is 633 g/mol. The summed E-state index contributed by atoms with van der Waals surface area (Å²) in [5, 5.41) is 12.9. The fourth-order valence-electron chi connectivity index (χ4n) is 5.26.